The van der Waals surface area contributed by atoms with Crippen molar-refractivity contribution in [2.45, 2.75) is 31.2 Å². The van der Waals surface area contributed by atoms with Crippen LogP contribution < -0.4 is 20.9 Å². The molecule has 0 saturated carbocycles. The first-order valence-electron chi connectivity index (χ1n) is 13.9. The number of nitrogens with one attached hydrogen (secondary N) is 2. The maximum atomic E-state index is 12.0. The van der Waals surface area contributed by atoms with Gasteiger partial charge in [0.15, 0.2) is 5.82 Å². The van der Waals surface area contributed by atoms with E-state index in [4.69, 9.17) is 0 Å². The number of hydrogen-bond donors (Lipinski definition) is 2. The minimum atomic E-state index is -0.286. The minimum Gasteiger partial charge on any atom is -0.314 e. The molecule has 1 saturated heterocycles. The standard InChI is InChI=1S/C32H29N8O/c41-32-38-28-9-4-8-25(30(28)39-32)22-10-13-35-24(14-22)15-23-16-27(31-36-11-5-12-37-31)29(40-19-33-18-34-20-40)17-26(23)21-6-2-1-3-7-21/h1-9,11-12,16-19,22,24,35H,10,13-15,20H2,(H,38,41). The van der Waals surface area contributed by atoms with Crippen LogP contribution in [0.15, 0.2) is 89.1 Å². The first-order chi connectivity index (χ1) is 20.2. The summed E-state index contributed by atoms with van der Waals surface area (Å²) in [6.07, 6.45) is 9.70. The predicted octanol–water partition coefficient (Wildman–Crippen LogP) is 5.50. The lowest BCUT2D eigenvalue weighted by Crippen LogP contribution is -2.39. The Labute approximate surface area is 238 Å². The topological polar surface area (TPSA) is 109 Å². The number of benzene rings is 3. The highest BCUT2D eigenvalue weighted by Crippen LogP contribution is 2.41. The van der Waals surface area contributed by atoms with Crippen LogP contribution in [-0.4, -0.2) is 47.9 Å². The van der Waals surface area contributed by atoms with Crippen molar-refractivity contribution in [1.29, 1.82) is 0 Å². The molecule has 1 radical (unpaired) electrons. The van der Waals surface area contributed by atoms with Crippen molar-refractivity contribution >= 4 is 35.8 Å². The number of nitrogens with zero attached hydrogens (tertiary/aromatic N) is 6. The van der Waals surface area contributed by atoms with Crippen molar-refractivity contribution in [3.05, 3.63) is 90.3 Å². The first-order valence-corrected chi connectivity index (χ1v) is 13.9. The second kappa shape index (κ2) is 10.9. The number of carbonyl (C=O) groups excluding carboxylic acids is 1. The number of hydrogen-bond acceptors (Lipinski definition) is 7. The number of piperidine rings is 1. The Bertz CT molecular complexity index is 1640. The third-order valence-corrected chi connectivity index (χ3v) is 7.93. The Morgan fingerprint density at radius 3 is 2.66 bits per heavy atom. The van der Waals surface area contributed by atoms with Crippen LogP contribution in [-0.2, 0) is 6.42 Å². The van der Waals surface area contributed by atoms with E-state index in [1.807, 2.05) is 29.2 Å². The molecular weight excluding hydrogens is 512 g/mol. The molecule has 4 aromatic rings. The summed E-state index contributed by atoms with van der Waals surface area (Å²) in [7, 11) is 0. The van der Waals surface area contributed by atoms with Gasteiger partial charge in [0, 0.05) is 24.0 Å². The zero-order valence-corrected chi connectivity index (χ0v) is 22.4. The van der Waals surface area contributed by atoms with E-state index in [0.717, 1.165) is 65.1 Å². The lowest BCUT2D eigenvalue weighted by Gasteiger charge is -2.32. The minimum absolute atomic E-state index is 0.244. The quantitative estimate of drug-likeness (QED) is 0.335. The Morgan fingerprint density at radius 1 is 0.951 bits per heavy atom. The molecule has 2 amide bonds. The van der Waals surface area contributed by atoms with Crippen LogP contribution in [0.2, 0.25) is 0 Å². The normalized spacial score (nSPS) is 19.5. The molecule has 3 aliphatic heterocycles. The van der Waals surface area contributed by atoms with Gasteiger partial charge in [0.25, 0.3) is 0 Å². The summed E-state index contributed by atoms with van der Waals surface area (Å²) in [6.45, 7) is 1.38. The van der Waals surface area contributed by atoms with E-state index in [9.17, 15) is 4.79 Å². The molecule has 9 heteroatoms. The molecule has 0 bridgehead atoms. The summed E-state index contributed by atoms with van der Waals surface area (Å²) in [5, 5.41) is 10.9. The van der Waals surface area contributed by atoms with Gasteiger partial charge < -0.3 is 15.5 Å². The molecule has 0 spiro atoms. The van der Waals surface area contributed by atoms with Gasteiger partial charge in [-0.2, -0.15) is 5.32 Å². The highest BCUT2D eigenvalue weighted by Gasteiger charge is 2.30. The van der Waals surface area contributed by atoms with Gasteiger partial charge in [-0.05, 0) is 78.2 Å². The van der Waals surface area contributed by atoms with Crippen LogP contribution in [0, 0.1) is 0 Å². The summed E-state index contributed by atoms with van der Waals surface area (Å²) < 4.78 is 0. The number of amides is 2. The summed E-state index contributed by atoms with van der Waals surface area (Å²) in [6, 6.07) is 22.8. The lowest BCUT2D eigenvalue weighted by molar-refractivity contribution is 0.256. The number of para-hydroxylation sites is 1. The van der Waals surface area contributed by atoms with E-state index in [1.54, 1.807) is 25.1 Å². The molecule has 2 N–H and O–H groups in total. The molecule has 2 unspecified atom stereocenters. The lowest BCUT2D eigenvalue weighted by atomic mass is 9.82. The van der Waals surface area contributed by atoms with Gasteiger partial charge >= 0.3 is 6.03 Å². The smallest absolute Gasteiger partial charge is 0.314 e. The fourth-order valence-electron chi connectivity index (χ4n) is 6.07. The number of aliphatic imine (C=N–C) groups is 2. The predicted molar refractivity (Wildman–Crippen MR) is 162 cm³/mol. The fourth-order valence-corrected chi connectivity index (χ4v) is 6.07. The number of rotatable bonds is 6. The summed E-state index contributed by atoms with van der Waals surface area (Å²) in [5.74, 6) is 0.978. The Kier molecular flexibility index (Phi) is 6.70. The first kappa shape index (κ1) is 25.1. The number of urea groups is 1. The van der Waals surface area contributed by atoms with Crippen LogP contribution >= 0.6 is 0 Å². The molecule has 41 heavy (non-hydrogen) atoms. The van der Waals surface area contributed by atoms with Gasteiger partial charge in [-0.25, -0.2) is 19.8 Å². The van der Waals surface area contributed by atoms with Crippen molar-refractivity contribution < 1.29 is 4.79 Å². The summed E-state index contributed by atoms with van der Waals surface area (Å²) in [4.78, 5) is 31.9. The Morgan fingerprint density at radius 2 is 1.83 bits per heavy atom. The SMILES string of the molecule is O=C1[N]c2c(cccc2C2CCNC(Cc3cc(-c4ncccn4)c(N4C=NC=NC4)cc3-c3ccccc3)C2)N1. The molecule has 0 aliphatic carbocycles. The zero-order valence-electron chi connectivity index (χ0n) is 22.4. The number of anilines is 2. The second-order valence-corrected chi connectivity index (χ2v) is 10.5. The van der Waals surface area contributed by atoms with Gasteiger partial charge in [-0.15, -0.1) is 0 Å². The van der Waals surface area contributed by atoms with E-state index in [0.29, 0.717) is 18.4 Å². The van der Waals surface area contributed by atoms with Crippen molar-refractivity contribution in [2.24, 2.45) is 9.98 Å². The monoisotopic (exact) mass is 541 g/mol. The van der Waals surface area contributed by atoms with E-state index >= 15 is 0 Å². The molecule has 7 rings (SSSR count). The van der Waals surface area contributed by atoms with Crippen LogP contribution in [0.1, 0.15) is 29.9 Å². The maximum absolute atomic E-state index is 12.0. The van der Waals surface area contributed by atoms with Gasteiger partial charge in [-0.1, -0.05) is 42.5 Å². The molecule has 3 aliphatic rings. The molecule has 3 aromatic carbocycles. The number of carbonyl (C=O) groups is 1. The third-order valence-electron chi connectivity index (χ3n) is 7.93. The van der Waals surface area contributed by atoms with Crippen molar-refractivity contribution in [3.8, 4) is 22.5 Å². The van der Waals surface area contributed by atoms with Crippen LogP contribution in [0.4, 0.5) is 21.9 Å². The van der Waals surface area contributed by atoms with Gasteiger partial charge in [-0.3, -0.25) is 4.99 Å². The summed E-state index contributed by atoms with van der Waals surface area (Å²) >= 11 is 0. The molecule has 2 atom stereocenters. The zero-order chi connectivity index (χ0) is 27.6. The maximum Gasteiger partial charge on any atom is 0.346 e. The molecule has 4 heterocycles. The summed E-state index contributed by atoms with van der Waals surface area (Å²) in [5.41, 5.74) is 8.20. The Hall–Kier alpha value is -4.89. The van der Waals surface area contributed by atoms with Crippen molar-refractivity contribution in [2.75, 3.05) is 23.4 Å². The van der Waals surface area contributed by atoms with Gasteiger partial charge in [0.05, 0.1) is 23.4 Å². The van der Waals surface area contributed by atoms with E-state index in [1.165, 1.54) is 5.56 Å². The largest absolute Gasteiger partial charge is 0.346 e. The van der Waals surface area contributed by atoms with E-state index in [-0.39, 0.29) is 12.1 Å². The van der Waals surface area contributed by atoms with Crippen molar-refractivity contribution in [3.63, 3.8) is 0 Å². The molecule has 1 fully saturated rings. The van der Waals surface area contributed by atoms with E-state index in [2.05, 4.69) is 78.4 Å². The number of aromatic nitrogens is 2. The molecule has 1 aromatic heterocycles. The van der Waals surface area contributed by atoms with Crippen molar-refractivity contribution in [1.82, 2.24) is 20.6 Å². The van der Waals surface area contributed by atoms with Crippen LogP contribution in [0.3, 0.4) is 0 Å². The highest BCUT2D eigenvalue weighted by atomic mass is 16.2. The molecule has 9 nitrogen and oxygen atoms in total. The number of fused-ring (bicyclic) bond motifs is 1. The van der Waals surface area contributed by atoms with Gasteiger partial charge in [0.1, 0.15) is 13.0 Å². The molecular formula is C32H29N8O. The highest BCUT2D eigenvalue weighted by molar-refractivity contribution is 6.03. The average Bonchev–Trinajstić information content (AvgIpc) is 3.42. The van der Waals surface area contributed by atoms with Crippen LogP contribution in [0.25, 0.3) is 22.5 Å². The average molecular weight is 542 g/mol. The van der Waals surface area contributed by atoms with Gasteiger partial charge in [0.2, 0.25) is 0 Å². The van der Waals surface area contributed by atoms with E-state index < -0.39 is 0 Å². The second-order valence-electron chi connectivity index (χ2n) is 10.5. The van der Waals surface area contributed by atoms with Crippen LogP contribution in [0.5, 0.6) is 0 Å². The molecule has 203 valence electrons. The fraction of sp³-hybridized carbons (Fsp3) is 0.219. The Balaban J connectivity index is 1.27. The third kappa shape index (κ3) is 5.07.